The van der Waals surface area contributed by atoms with Crippen LogP contribution in [0.1, 0.15) is 34.6 Å². The van der Waals surface area contributed by atoms with Crippen LogP contribution in [0.4, 0.5) is 14.5 Å². The van der Waals surface area contributed by atoms with Gasteiger partial charge in [-0.25, -0.2) is 13.5 Å². The van der Waals surface area contributed by atoms with Crippen molar-refractivity contribution in [1.29, 1.82) is 0 Å². The van der Waals surface area contributed by atoms with Gasteiger partial charge in [0.05, 0.1) is 29.7 Å². The predicted octanol–water partition coefficient (Wildman–Crippen LogP) is 4.17. The number of ether oxygens (including phenoxy) is 1. The van der Waals surface area contributed by atoms with Crippen molar-refractivity contribution >= 4 is 11.6 Å². The van der Waals surface area contributed by atoms with E-state index in [2.05, 4.69) is 15.3 Å². The third-order valence-electron chi connectivity index (χ3n) is 5.84. The normalized spacial score (nSPS) is 16.2. The number of carbonyl (C=O) groups excluding carboxylic acids is 1. The number of rotatable bonds is 5. The van der Waals surface area contributed by atoms with Gasteiger partial charge in [0.15, 0.2) is 5.82 Å². The molecule has 1 unspecified atom stereocenters. The highest BCUT2D eigenvalue weighted by Crippen LogP contribution is 2.30. The summed E-state index contributed by atoms with van der Waals surface area (Å²) in [7, 11) is 1.65. The maximum absolute atomic E-state index is 14.3. The number of carbonyl (C=O) groups is 1. The summed E-state index contributed by atoms with van der Waals surface area (Å²) in [6.07, 6.45) is 1.79. The van der Waals surface area contributed by atoms with E-state index in [1.54, 1.807) is 21.0 Å². The minimum absolute atomic E-state index is 0.0501. The van der Waals surface area contributed by atoms with Gasteiger partial charge in [0, 0.05) is 25.2 Å². The van der Waals surface area contributed by atoms with E-state index in [4.69, 9.17) is 4.74 Å². The Morgan fingerprint density at radius 2 is 1.94 bits per heavy atom. The molecule has 1 atom stereocenters. The van der Waals surface area contributed by atoms with E-state index in [0.717, 1.165) is 36.9 Å². The molecule has 2 heterocycles. The second kappa shape index (κ2) is 8.98. The van der Waals surface area contributed by atoms with Gasteiger partial charge >= 0.3 is 0 Å². The van der Waals surface area contributed by atoms with Crippen LogP contribution in [0, 0.1) is 25.5 Å². The van der Waals surface area contributed by atoms with Crippen LogP contribution in [0.2, 0.25) is 0 Å². The van der Waals surface area contributed by atoms with Gasteiger partial charge < -0.3 is 15.0 Å². The number of methoxy groups -OCH3 is 1. The van der Waals surface area contributed by atoms with Crippen molar-refractivity contribution in [2.75, 3.05) is 25.1 Å². The van der Waals surface area contributed by atoms with Crippen molar-refractivity contribution in [3.63, 3.8) is 0 Å². The highest BCUT2D eigenvalue weighted by Gasteiger charge is 2.27. The van der Waals surface area contributed by atoms with Gasteiger partial charge in [0.1, 0.15) is 17.3 Å². The second-order valence-electron chi connectivity index (χ2n) is 7.98. The first-order chi connectivity index (χ1) is 15.4. The van der Waals surface area contributed by atoms with Crippen molar-refractivity contribution in [3.8, 4) is 11.4 Å². The van der Waals surface area contributed by atoms with Crippen LogP contribution in [0.3, 0.4) is 0 Å². The number of nitrogens with one attached hydrogen (secondary N) is 1. The van der Waals surface area contributed by atoms with Crippen molar-refractivity contribution in [2.24, 2.45) is 0 Å². The number of anilines is 1. The Hall–Kier alpha value is -3.42. The van der Waals surface area contributed by atoms with Crippen molar-refractivity contribution in [3.05, 3.63) is 71.1 Å². The maximum atomic E-state index is 14.3. The van der Waals surface area contributed by atoms with Gasteiger partial charge in [-0.05, 0) is 51.0 Å². The third kappa shape index (κ3) is 4.17. The smallest absolute Gasteiger partial charge is 0.255 e. The minimum Gasteiger partial charge on any atom is -0.495 e. The molecular weight excluding hydrogens is 414 g/mol. The zero-order chi connectivity index (χ0) is 22.8. The summed E-state index contributed by atoms with van der Waals surface area (Å²) in [5.74, 6) is -0.848. The lowest BCUT2D eigenvalue weighted by atomic mass is 10.0. The molecule has 32 heavy (non-hydrogen) atoms. The molecule has 1 aliphatic rings. The van der Waals surface area contributed by atoms with Crippen LogP contribution in [0.25, 0.3) is 5.69 Å². The Kier molecular flexibility index (Phi) is 6.12. The number of benzene rings is 2. The van der Waals surface area contributed by atoms with E-state index in [0.29, 0.717) is 23.5 Å². The quantitative estimate of drug-likeness (QED) is 0.647. The number of aromatic nitrogens is 2. The van der Waals surface area contributed by atoms with Gasteiger partial charge in [0.2, 0.25) is 0 Å². The fourth-order valence-corrected chi connectivity index (χ4v) is 4.32. The Morgan fingerprint density at radius 1 is 1.16 bits per heavy atom. The zero-order valence-corrected chi connectivity index (χ0v) is 18.4. The molecule has 0 saturated carbocycles. The molecule has 1 aromatic heterocycles. The lowest BCUT2D eigenvalue weighted by Gasteiger charge is -2.35. The maximum Gasteiger partial charge on any atom is 0.255 e. The summed E-state index contributed by atoms with van der Waals surface area (Å²) in [5.41, 5.74) is 2.50. The Bertz CT molecular complexity index is 1150. The summed E-state index contributed by atoms with van der Waals surface area (Å²) >= 11 is 0. The molecule has 1 amide bonds. The highest BCUT2D eigenvalue weighted by molar-refractivity contribution is 5.96. The molecule has 8 heteroatoms. The van der Waals surface area contributed by atoms with Gasteiger partial charge in [0.25, 0.3) is 5.91 Å². The van der Waals surface area contributed by atoms with Crippen molar-refractivity contribution < 1.29 is 18.3 Å². The topological polar surface area (TPSA) is 59.4 Å². The standard InChI is InChI=1S/C24H26F2N4O2/c1-15-23(16(2)30(28-15)20-11-10-17(25)13-19(20)26)24(31)27-18-7-6-12-29(14-18)21-8-4-5-9-22(21)32-3/h4-5,8-11,13,18H,6-7,12,14H2,1-3H3,(H,27,31). The highest BCUT2D eigenvalue weighted by atomic mass is 19.1. The fraction of sp³-hybridized carbons (Fsp3) is 0.333. The molecule has 2 aromatic carbocycles. The van der Waals surface area contributed by atoms with E-state index in [1.165, 1.54) is 16.8 Å². The molecule has 1 fully saturated rings. The number of piperidine rings is 1. The average Bonchev–Trinajstić information content (AvgIpc) is 3.07. The molecule has 0 spiro atoms. The predicted molar refractivity (Wildman–Crippen MR) is 119 cm³/mol. The molecule has 168 valence electrons. The molecule has 1 aliphatic heterocycles. The van der Waals surface area contributed by atoms with Crippen LogP contribution >= 0.6 is 0 Å². The molecule has 0 radical (unpaired) electrons. The van der Waals surface area contributed by atoms with Gasteiger partial charge in [-0.15, -0.1) is 0 Å². The largest absolute Gasteiger partial charge is 0.495 e. The summed E-state index contributed by atoms with van der Waals surface area (Å²) in [6, 6.07) is 11.1. The lowest BCUT2D eigenvalue weighted by molar-refractivity contribution is 0.0932. The average molecular weight is 440 g/mol. The number of halogens is 2. The minimum atomic E-state index is -0.734. The lowest BCUT2D eigenvalue weighted by Crippen LogP contribution is -2.48. The molecule has 1 N–H and O–H groups in total. The molecule has 6 nitrogen and oxygen atoms in total. The Morgan fingerprint density at radius 3 is 2.69 bits per heavy atom. The number of nitrogens with zero attached hydrogens (tertiary/aromatic N) is 3. The molecule has 0 aliphatic carbocycles. The van der Waals surface area contributed by atoms with Gasteiger partial charge in [-0.1, -0.05) is 12.1 Å². The van der Waals surface area contributed by atoms with Crippen LogP contribution in [0.15, 0.2) is 42.5 Å². The van der Waals surface area contributed by atoms with Crippen LogP contribution in [0.5, 0.6) is 5.75 Å². The first-order valence-corrected chi connectivity index (χ1v) is 10.6. The van der Waals surface area contributed by atoms with Gasteiger partial charge in [-0.2, -0.15) is 5.10 Å². The number of hydrogen-bond acceptors (Lipinski definition) is 4. The number of para-hydroxylation sites is 2. The first kappa shape index (κ1) is 21.8. The van der Waals surface area contributed by atoms with Gasteiger partial charge in [-0.3, -0.25) is 4.79 Å². The van der Waals surface area contributed by atoms with E-state index in [1.807, 2.05) is 24.3 Å². The Labute approximate surface area is 185 Å². The summed E-state index contributed by atoms with van der Waals surface area (Å²) in [5, 5.41) is 7.45. The molecule has 4 rings (SSSR count). The summed E-state index contributed by atoms with van der Waals surface area (Å²) in [4.78, 5) is 15.4. The summed E-state index contributed by atoms with van der Waals surface area (Å²) < 4.78 is 34.4. The van der Waals surface area contributed by atoms with Crippen LogP contribution in [-0.4, -0.2) is 41.9 Å². The van der Waals surface area contributed by atoms with E-state index < -0.39 is 11.6 Å². The van der Waals surface area contributed by atoms with Crippen LogP contribution in [-0.2, 0) is 0 Å². The molecule has 3 aromatic rings. The van der Waals surface area contributed by atoms with Crippen molar-refractivity contribution in [1.82, 2.24) is 15.1 Å². The number of hydrogen-bond donors (Lipinski definition) is 1. The first-order valence-electron chi connectivity index (χ1n) is 10.6. The zero-order valence-electron chi connectivity index (χ0n) is 18.4. The fourth-order valence-electron chi connectivity index (χ4n) is 4.32. The molecular formula is C24H26F2N4O2. The monoisotopic (exact) mass is 440 g/mol. The van der Waals surface area contributed by atoms with E-state index >= 15 is 0 Å². The second-order valence-corrected chi connectivity index (χ2v) is 7.98. The third-order valence-corrected chi connectivity index (χ3v) is 5.84. The molecule has 0 bridgehead atoms. The molecule has 1 saturated heterocycles. The van der Waals surface area contributed by atoms with E-state index in [9.17, 15) is 13.6 Å². The number of amides is 1. The Balaban J connectivity index is 1.53. The SMILES string of the molecule is COc1ccccc1N1CCCC(NC(=O)c2c(C)nn(-c3ccc(F)cc3F)c2C)C1. The summed E-state index contributed by atoms with van der Waals surface area (Å²) in [6.45, 7) is 4.96. The van der Waals surface area contributed by atoms with Crippen molar-refractivity contribution in [2.45, 2.75) is 32.7 Å². The van der Waals surface area contributed by atoms with E-state index in [-0.39, 0.29) is 17.6 Å². The van der Waals surface area contributed by atoms with Crippen LogP contribution < -0.4 is 15.0 Å². The number of aryl methyl sites for hydroxylation is 1.